The predicted octanol–water partition coefficient (Wildman–Crippen LogP) is 1.12. The summed E-state index contributed by atoms with van der Waals surface area (Å²) in [5.41, 5.74) is 0.861. The SMILES string of the molecule is C#CC1=CN(C)P(=S)(N(C)C)N1C. The zero-order chi connectivity index (χ0) is 10.2. The average molecular weight is 215 g/mol. The Balaban J connectivity index is 3.11. The Kier molecular flexibility index (Phi) is 2.72. The maximum Gasteiger partial charge on any atom is 0.193 e. The lowest BCUT2D eigenvalue weighted by molar-refractivity contribution is 0.552. The molecule has 0 saturated carbocycles. The van der Waals surface area contributed by atoms with Gasteiger partial charge in [0.25, 0.3) is 0 Å². The van der Waals surface area contributed by atoms with Gasteiger partial charge in [-0.3, -0.25) is 0 Å². The monoisotopic (exact) mass is 215 g/mol. The number of hydrogen-bond donors (Lipinski definition) is 0. The Morgan fingerprint density at radius 3 is 2.31 bits per heavy atom. The van der Waals surface area contributed by atoms with Crippen molar-refractivity contribution in [3.05, 3.63) is 11.9 Å². The predicted molar refractivity (Wildman–Crippen MR) is 60.4 cm³/mol. The Bertz CT molecular complexity index is 329. The molecule has 0 fully saturated rings. The van der Waals surface area contributed by atoms with Crippen molar-refractivity contribution in [2.45, 2.75) is 0 Å². The van der Waals surface area contributed by atoms with Gasteiger partial charge in [-0.15, -0.1) is 6.42 Å². The molecule has 1 unspecified atom stereocenters. The molecule has 0 bridgehead atoms. The molecular weight excluding hydrogens is 201 g/mol. The average Bonchev–Trinajstić information content (AvgIpc) is 2.30. The molecule has 1 aliphatic heterocycles. The highest BCUT2D eigenvalue weighted by molar-refractivity contribution is 8.11. The second-order valence-corrected chi connectivity index (χ2v) is 7.64. The molecule has 1 atom stereocenters. The van der Waals surface area contributed by atoms with E-state index in [1.165, 1.54) is 0 Å². The summed E-state index contributed by atoms with van der Waals surface area (Å²) in [6.45, 7) is -1.80. The highest BCUT2D eigenvalue weighted by Crippen LogP contribution is 2.59. The second kappa shape index (κ2) is 3.34. The van der Waals surface area contributed by atoms with Crippen molar-refractivity contribution in [1.29, 1.82) is 0 Å². The molecule has 0 aliphatic carbocycles. The molecule has 0 aromatic rings. The van der Waals surface area contributed by atoms with Crippen molar-refractivity contribution in [2.24, 2.45) is 0 Å². The number of rotatable bonds is 1. The van der Waals surface area contributed by atoms with Crippen LogP contribution in [0.4, 0.5) is 0 Å². The van der Waals surface area contributed by atoms with E-state index in [0.717, 1.165) is 5.70 Å². The minimum Gasteiger partial charge on any atom is -0.324 e. The van der Waals surface area contributed by atoms with Gasteiger partial charge in [-0.25, -0.2) is 4.67 Å². The summed E-state index contributed by atoms with van der Waals surface area (Å²) in [5.74, 6) is 2.63. The third-order valence-corrected chi connectivity index (χ3v) is 7.59. The summed E-state index contributed by atoms with van der Waals surface area (Å²) in [6.07, 6.45) is 7.31. The molecule has 1 rings (SSSR count). The van der Waals surface area contributed by atoms with Crippen LogP contribution in [0.1, 0.15) is 0 Å². The first-order valence-corrected chi connectivity index (χ1v) is 6.54. The topological polar surface area (TPSA) is 9.72 Å². The first kappa shape index (κ1) is 10.6. The van der Waals surface area contributed by atoms with Crippen molar-refractivity contribution < 1.29 is 0 Å². The second-order valence-electron chi connectivity index (χ2n) is 3.12. The van der Waals surface area contributed by atoms with Crippen LogP contribution in [-0.2, 0) is 11.8 Å². The molecule has 1 heterocycles. The first-order chi connectivity index (χ1) is 5.94. The van der Waals surface area contributed by atoms with Gasteiger partial charge in [0.2, 0.25) is 0 Å². The largest absolute Gasteiger partial charge is 0.324 e. The number of hydrogen-bond acceptors (Lipinski definition) is 1. The first-order valence-electron chi connectivity index (χ1n) is 3.88. The lowest BCUT2D eigenvalue weighted by Crippen LogP contribution is -2.25. The van der Waals surface area contributed by atoms with E-state index in [2.05, 4.69) is 10.6 Å². The molecule has 0 radical (unpaired) electrons. The van der Waals surface area contributed by atoms with Crippen LogP contribution in [0.5, 0.6) is 0 Å². The van der Waals surface area contributed by atoms with E-state index < -0.39 is 6.49 Å². The molecule has 13 heavy (non-hydrogen) atoms. The van der Waals surface area contributed by atoms with E-state index >= 15 is 0 Å². The molecule has 0 N–H and O–H groups in total. The van der Waals surface area contributed by atoms with Crippen LogP contribution in [0.15, 0.2) is 11.9 Å². The Morgan fingerprint density at radius 1 is 1.54 bits per heavy atom. The summed E-state index contributed by atoms with van der Waals surface area (Å²) in [7, 11) is 7.90. The van der Waals surface area contributed by atoms with Crippen LogP contribution in [0.25, 0.3) is 0 Å². The zero-order valence-electron chi connectivity index (χ0n) is 8.35. The quantitative estimate of drug-likeness (QED) is 0.479. The highest BCUT2D eigenvalue weighted by Gasteiger charge is 2.35. The summed E-state index contributed by atoms with van der Waals surface area (Å²) in [4.78, 5) is 0. The maximum atomic E-state index is 5.62. The molecule has 0 spiro atoms. The highest BCUT2D eigenvalue weighted by atomic mass is 32.4. The summed E-state index contributed by atoms with van der Waals surface area (Å²) in [5, 5.41) is 0. The maximum absolute atomic E-state index is 5.62. The minimum absolute atomic E-state index is 0.861. The van der Waals surface area contributed by atoms with E-state index in [0.29, 0.717) is 0 Å². The van der Waals surface area contributed by atoms with Gasteiger partial charge in [-0.1, -0.05) is 5.92 Å². The third-order valence-electron chi connectivity index (χ3n) is 2.13. The Labute approximate surface area is 85.2 Å². The lowest BCUT2D eigenvalue weighted by atomic mass is 10.5. The van der Waals surface area contributed by atoms with Crippen LogP contribution in [0, 0.1) is 12.3 Å². The molecule has 0 saturated heterocycles. The van der Waals surface area contributed by atoms with Crippen molar-refractivity contribution in [2.75, 3.05) is 28.2 Å². The van der Waals surface area contributed by atoms with Crippen molar-refractivity contribution in [3.63, 3.8) is 0 Å². The van der Waals surface area contributed by atoms with Crippen molar-refractivity contribution >= 4 is 18.3 Å². The van der Waals surface area contributed by atoms with Crippen LogP contribution in [0.3, 0.4) is 0 Å². The number of terminal acetylenes is 1. The van der Waals surface area contributed by atoms with E-state index in [9.17, 15) is 0 Å². The molecule has 72 valence electrons. The number of allylic oxidation sites excluding steroid dienone is 1. The van der Waals surface area contributed by atoms with E-state index in [1.807, 2.05) is 43.7 Å². The zero-order valence-corrected chi connectivity index (χ0v) is 10.1. The molecular formula is C8H14N3PS. The third kappa shape index (κ3) is 1.38. The number of nitrogens with zero attached hydrogens (tertiary/aromatic N) is 3. The van der Waals surface area contributed by atoms with Gasteiger partial charge in [0, 0.05) is 20.3 Å². The Hall–Kier alpha value is -0.490. The fourth-order valence-electron chi connectivity index (χ4n) is 1.37. The van der Waals surface area contributed by atoms with Gasteiger partial charge in [0.15, 0.2) is 6.49 Å². The van der Waals surface area contributed by atoms with Gasteiger partial charge < -0.3 is 9.34 Å². The van der Waals surface area contributed by atoms with Gasteiger partial charge in [-0.2, -0.15) is 0 Å². The van der Waals surface area contributed by atoms with E-state index in [-0.39, 0.29) is 0 Å². The van der Waals surface area contributed by atoms with Crippen molar-refractivity contribution in [3.8, 4) is 12.3 Å². The van der Waals surface area contributed by atoms with Crippen molar-refractivity contribution in [1.82, 2.24) is 14.0 Å². The molecule has 0 aromatic heterocycles. The molecule has 3 nitrogen and oxygen atoms in total. The fourth-order valence-corrected chi connectivity index (χ4v) is 3.95. The molecule has 5 heteroatoms. The molecule has 0 amide bonds. The van der Waals surface area contributed by atoms with E-state index in [1.54, 1.807) is 0 Å². The Morgan fingerprint density at radius 2 is 2.08 bits per heavy atom. The van der Waals surface area contributed by atoms with Gasteiger partial charge in [0.1, 0.15) is 5.70 Å². The van der Waals surface area contributed by atoms with Gasteiger partial charge in [0.05, 0.1) is 0 Å². The van der Waals surface area contributed by atoms with Crippen LogP contribution in [0.2, 0.25) is 0 Å². The normalized spacial score (nSPS) is 27.8. The van der Waals surface area contributed by atoms with Crippen LogP contribution >= 0.6 is 6.49 Å². The smallest absolute Gasteiger partial charge is 0.193 e. The molecule has 1 aliphatic rings. The van der Waals surface area contributed by atoms with Crippen LogP contribution in [-0.4, -0.2) is 42.2 Å². The molecule has 0 aromatic carbocycles. The van der Waals surface area contributed by atoms with Gasteiger partial charge >= 0.3 is 0 Å². The summed E-state index contributed by atoms with van der Waals surface area (Å²) >= 11 is 5.62. The minimum atomic E-state index is -1.80. The van der Waals surface area contributed by atoms with Crippen LogP contribution < -0.4 is 0 Å². The fraction of sp³-hybridized carbons (Fsp3) is 0.500. The summed E-state index contributed by atoms with van der Waals surface area (Å²) < 4.78 is 6.11. The lowest BCUT2D eigenvalue weighted by Gasteiger charge is -2.37. The van der Waals surface area contributed by atoms with E-state index in [4.69, 9.17) is 18.2 Å². The van der Waals surface area contributed by atoms with Gasteiger partial charge in [-0.05, 0) is 25.9 Å². The summed E-state index contributed by atoms with van der Waals surface area (Å²) in [6, 6.07) is 0. The standard InChI is InChI=1S/C8H14N3PS/c1-6-8-7-10(4)12(13,9(2)3)11(8)5/h1,7H,2-5H3.